The van der Waals surface area contributed by atoms with Gasteiger partial charge >= 0.3 is 0 Å². The molecule has 0 saturated carbocycles. The SMILES string of the molecule is [C-]#[N+]SCC(NC)C(=O)C(C)C. The predicted molar refractivity (Wildman–Crippen MR) is 51.8 cm³/mol. The molecule has 1 unspecified atom stereocenters. The molecule has 1 N–H and O–H groups in total. The van der Waals surface area contributed by atoms with E-state index in [4.69, 9.17) is 6.57 Å². The number of carbonyl (C=O) groups excluding carboxylic acids is 1. The fourth-order valence-corrected chi connectivity index (χ4v) is 1.38. The third-order valence-electron chi connectivity index (χ3n) is 1.57. The fourth-order valence-electron chi connectivity index (χ4n) is 0.822. The van der Waals surface area contributed by atoms with Crippen LogP contribution in [0.25, 0.3) is 4.25 Å². The molecule has 0 saturated heterocycles. The molecule has 0 heterocycles. The van der Waals surface area contributed by atoms with Crippen molar-refractivity contribution in [1.82, 2.24) is 5.32 Å². The van der Waals surface area contributed by atoms with Gasteiger partial charge in [0, 0.05) is 5.92 Å². The maximum Gasteiger partial charge on any atom is 0.259 e. The number of ketones is 1. The van der Waals surface area contributed by atoms with Crippen molar-refractivity contribution in [1.29, 1.82) is 0 Å². The van der Waals surface area contributed by atoms with Crippen LogP contribution in [0.1, 0.15) is 13.8 Å². The average Bonchev–Trinajstić information content (AvgIpc) is 2.05. The van der Waals surface area contributed by atoms with E-state index in [1.54, 1.807) is 7.05 Å². The van der Waals surface area contributed by atoms with E-state index >= 15 is 0 Å². The molecule has 4 heteroatoms. The van der Waals surface area contributed by atoms with Crippen LogP contribution in [-0.4, -0.2) is 24.6 Å². The molecule has 12 heavy (non-hydrogen) atoms. The Balaban J connectivity index is 3.98. The number of nitrogens with one attached hydrogen (secondary N) is 1. The maximum atomic E-state index is 11.4. The van der Waals surface area contributed by atoms with Gasteiger partial charge in [-0.2, -0.15) is 0 Å². The number of carbonyl (C=O) groups is 1. The van der Waals surface area contributed by atoms with Gasteiger partial charge in [-0.25, -0.2) is 10.8 Å². The zero-order valence-electron chi connectivity index (χ0n) is 7.63. The van der Waals surface area contributed by atoms with Gasteiger partial charge < -0.3 is 5.32 Å². The van der Waals surface area contributed by atoms with Crippen molar-refractivity contribution >= 4 is 17.7 Å². The highest BCUT2D eigenvalue weighted by Crippen LogP contribution is 2.08. The minimum absolute atomic E-state index is 0.0359. The van der Waals surface area contributed by atoms with Crippen LogP contribution in [0.15, 0.2) is 0 Å². The van der Waals surface area contributed by atoms with Crippen molar-refractivity contribution in [3.8, 4) is 0 Å². The second-order valence-corrected chi connectivity index (χ2v) is 3.56. The first kappa shape index (κ1) is 11.5. The zero-order valence-corrected chi connectivity index (χ0v) is 8.44. The van der Waals surface area contributed by atoms with Gasteiger partial charge in [-0.15, -0.1) is 0 Å². The lowest BCUT2D eigenvalue weighted by atomic mass is 10.0. The Labute approximate surface area is 77.9 Å². The van der Waals surface area contributed by atoms with Gasteiger partial charge in [-0.1, -0.05) is 13.8 Å². The Hall–Kier alpha value is -0.530. The molecule has 0 aromatic carbocycles. The highest BCUT2D eigenvalue weighted by molar-refractivity contribution is 8.01. The second kappa shape index (κ2) is 6.04. The lowest BCUT2D eigenvalue weighted by Crippen LogP contribution is -2.38. The minimum Gasteiger partial charge on any atom is -0.310 e. The van der Waals surface area contributed by atoms with Gasteiger partial charge in [0.1, 0.15) is 0 Å². The van der Waals surface area contributed by atoms with E-state index in [9.17, 15) is 4.79 Å². The average molecular weight is 186 g/mol. The van der Waals surface area contributed by atoms with Crippen LogP contribution in [0, 0.1) is 12.5 Å². The summed E-state index contributed by atoms with van der Waals surface area (Å²) in [5.41, 5.74) is 0. The first-order valence-corrected chi connectivity index (χ1v) is 4.77. The molecular weight excluding hydrogens is 172 g/mol. The molecule has 0 aliphatic carbocycles. The van der Waals surface area contributed by atoms with Crippen molar-refractivity contribution in [2.24, 2.45) is 5.92 Å². The Morgan fingerprint density at radius 3 is 2.58 bits per heavy atom. The summed E-state index contributed by atoms with van der Waals surface area (Å²) in [6.07, 6.45) is 0. The van der Waals surface area contributed by atoms with Crippen molar-refractivity contribution in [2.75, 3.05) is 12.8 Å². The maximum absolute atomic E-state index is 11.4. The van der Waals surface area contributed by atoms with Crippen molar-refractivity contribution < 1.29 is 4.79 Å². The third kappa shape index (κ3) is 3.74. The molecule has 0 aliphatic heterocycles. The lowest BCUT2D eigenvalue weighted by Gasteiger charge is -2.13. The second-order valence-electron chi connectivity index (χ2n) is 2.79. The Morgan fingerprint density at radius 2 is 2.25 bits per heavy atom. The monoisotopic (exact) mass is 186 g/mol. The topological polar surface area (TPSA) is 33.5 Å². The molecule has 68 valence electrons. The van der Waals surface area contributed by atoms with Crippen LogP contribution in [0.3, 0.4) is 0 Å². The van der Waals surface area contributed by atoms with Crippen LogP contribution in [-0.2, 0) is 4.79 Å². The Bertz CT molecular complexity index is 186. The molecule has 0 bridgehead atoms. The van der Waals surface area contributed by atoms with Crippen LogP contribution in [0.2, 0.25) is 0 Å². The van der Waals surface area contributed by atoms with Crippen LogP contribution < -0.4 is 5.32 Å². The van der Waals surface area contributed by atoms with Gasteiger partial charge in [0.15, 0.2) is 5.78 Å². The smallest absolute Gasteiger partial charge is 0.259 e. The molecule has 0 spiro atoms. The summed E-state index contributed by atoms with van der Waals surface area (Å²) >= 11 is 1.09. The standard InChI is InChI=1S/C8H14N2OS/c1-6(2)8(11)7(9-3)5-12-10-4/h6-7,9H,5H2,1-3H3. The highest BCUT2D eigenvalue weighted by atomic mass is 32.2. The van der Waals surface area contributed by atoms with Crippen molar-refractivity contribution in [3.05, 3.63) is 10.8 Å². The number of Topliss-reactive ketones (excluding diaryl/α,β-unsaturated/α-hetero) is 1. The van der Waals surface area contributed by atoms with Crippen LogP contribution in [0.4, 0.5) is 0 Å². The van der Waals surface area contributed by atoms with E-state index in [0.717, 1.165) is 11.9 Å². The number of likely N-dealkylation sites (N-methyl/N-ethyl adjacent to an activating group) is 1. The van der Waals surface area contributed by atoms with Crippen LogP contribution >= 0.6 is 11.9 Å². The van der Waals surface area contributed by atoms with E-state index in [1.807, 2.05) is 13.8 Å². The van der Waals surface area contributed by atoms with Crippen molar-refractivity contribution in [3.63, 3.8) is 0 Å². The van der Waals surface area contributed by atoms with E-state index in [2.05, 4.69) is 9.57 Å². The number of hydrogen-bond donors (Lipinski definition) is 1. The van der Waals surface area contributed by atoms with Gasteiger partial charge in [-0.3, -0.25) is 4.79 Å². The largest absolute Gasteiger partial charge is 0.310 e. The predicted octanol–water partition coefficient (Wildman–Crippen LogP) is 1.37. The first-order chi connectivity index (χ1) is 5.63. The first-order valence-electron chi connectivity index (χ1n) is 3.83. The van der Waals surface area contributed by atoms with Crippen molar-refractivity contribution in [2.45, 2.75) is 19.9 Å². The molecule has 3 nitrogen and oxygen atoms in total. The minimum atomic E-state index is -0.177. The Kier molecular flexibility index (Phi) is 5.77. The summed E-state index contributed by atoms with van der Waals surface area (Å²) < 4.78 is 3.14. The molecule has 1 atom stereocenters. The molecule has 0 amide bonds. The normalized spacial score (nSPS) is 12.6. The summed E-state index contributed by atoms with van der Waals surface area (Å²) in [6, 6.07) is -0.177. The number of hydrogen-bond acceptors (Lipinski definition) is 3. The zero-order chi connectivity index (χ0) is 9.56. The fraction of sp³-hybridized carbons (Fsp3) is 0.750. The summed E-state index contributed by atoms with van der Waals surface area (Å²) in [5, 5.41) is 2.90. The molecule has 0 aliphatic rings. The molecular formula is C8H14N2OS. The quantitative estimate of drug-likeness (QED) is 0.520. The van der Waals surface area contributed by atoms with Gasteiger partial charge in [0.2, 0.25) is 0 Å². The lowest BCUT2D eigenvalue weighted by molar-refractivity contribution is -0.123. The molecule has 0 aromatic rings. The Morgan fingerprint density at radius 1 is 1.67 bits per heavy atom. The third-order valence-corrected chi connectivity index (χ3v) is 2.18. The van der Waals surface area contributed by atoms with Gasteiger partial charge in [-0.05, 0) is 7.05 Å². The number of nitrogens with zero attached hydrogens (tertiary/aromatic N) is 1. The molecule has 0 fully saturated rings. The summed E-state index contributed by atoms with van der Waals surface area (Å²) in [7, 11) is 1.75. The van der Waals surface area contributed by atoms with E-state index in [1.165, 1.54) is 0 Å². The number of rotatable bonds is 5. The van der Waals surface area contributed by atoms with Gasteiger partial charge in [0.05, 0.1) is 11.8 Å². The summed E-state index contributed by atoms with van der Waals surface area (Å²) in [6.45, 7) is 10.3. The van der Waals surface area contributed by atoms with E-state index < -0.39 is 0 Å². The van der Waals surface area contributed by atoms with E-state index in [-0.39, 0.29) is 17.7 Å². The van der Waals surface area contributed by atoms with E-state index in [0.29, 0.717) is 5.75 Å². The summed E-state index contributed by atoms with van der Waals surface area (Å²) in [5.74, 6) is 0.749. The van der Waals surface area contributed by atoms with Crippen LogP contribution in [0.5, 0.6) is 0 Å². The molecule has 0 rings (SSSR count). The van der Waals surface area contributed by atoms with Gasteiger partial charge in [0.25, 0.3) is 11.9 Å². The molecule has 0 aromatic heterocycles. The highest BCUT2D eigenvalue weighted by Gasteiger charge is 2.20. The summed E-state index contributed by atoms with van der Waals surface area (Å²) in [4.78, 5) is 11.4. The molecule has 0 radical (unpaired) electrons.